The summed E-state index contributed by atoms with van der Waals surface area (Å²) in [7, 11) is 3.96. The van der Waals surface area contributed by atoms with Crippen LogP contribution in [0, 0.1) is 0 Å². The molecule has 0 radical (unpaired) electrons. The van der Waals surface area contributed by atoms with Gasteiger partial charge in [-0.05, 0) is 26.2 Å². The van der Waals surface area contributed by atoms with Gasteiger partial charge in [-0.2, -0.15) is 0 Å². The minimum atomic E-state index is -0.432. The molecule has 0 aromatic heterocycles. The Balaban J connectivity index is 3.35. The van der Waals surface area contributed by atoms with Crippen LogP contribution in [0.4, 0.5) is 0 Å². The van der Waals surface area contributed by atoms with Crippen LogP contribution in [0.1, 0.15) is 13.8 Å². The van der Waals surface area contributed by atoms with E-state index in [0.29, 0.717) is 0 Å². The first-order chi connectivity index (χ1) is 3.72. The highest BCUT2D eigenvalue weighted by Crippen LogP contribution is 1.98. The molecule has 0 unspecified atom stereocenters. The van der Waals surface area contributed by atoms with Crippen molar-refractivity contribution in [1.29, 1.82) is 0 Å². The van der Waals surface area contributed by atoms with E-state index in [4.69, 9.17) is 0 Å². The van der Waals surface area contributed by atoms with Gasteiger partial charge in [0, 0.05) is 0 Å². The van der Waals surface area contributed by atoms with Gasteiger partial charge in [-0.25, -0.2) is 0 Å². The largest absolute Gasteiger partial charge is 0.331 e. The van der Waals surface area contributed by atoms with E-state index in [9.17, 15) is 0 Å². The van der Waals surface area contributed by atoms with E-state index < -0.39 is 8.96 Å². The first kappa shape index (κ1) is 8.18. The zero-order valence-electron chi connectivity index (χ0n) is 6.44. The molecule has 1 nitrogen and oxygen atoms in total. The summed E-state index contributed by atoms with van der Waals surface area (Å²) >= 11 is 0. The Morgan fingerprint density at radius 2 is 1.50 bits per heavy atom. The maximum Gasteiger partial charge on any atom is 0.110 e. The third-order valence-electron chi connectivity index (χ3n) is 1.67. The third-order valence-corrected chi connectivity index (χ3v) is 5.02. The van der Waals surface area contributed by atoms with Crippen LogP contribution in [-0.2, 0) is 0 Å². The van der Waals surface area contributed by atoms with Crippen LogP contribution in [0.2, 0.25) is 12.1 Å². The molecule has 0 atom stereocenters. The maximum absolute atomic E-state index is 2.42. The van der Waals surface area contributed by atoms with Gasteiger partial charge in [-0.15, -0.1) is 0 Å². The quantitative estimate of drug-likeness (QED) is 0.522. The molecule has 8 heavy (non-hydrogen) atoms. The molecule has 0 saturated carbocycles. The molecular weight excluding hydrogens is 114 g/mol. The lowest BCUT2D eigenvalue weighted by Gasteiger charge is -2.18. The average molecular weight is 131 g/mol. The van der Waals surface area contributed by atoms with Crippen molar-refractivity contribution in [1.82, 2.24) is 4.57 Å². The predicted octanol–water partition coefficient (Wildman–Crippen LogP) is 1.31. The fourth-order valence-corrected chi connectivity index (χ4v) is 3.06. The van der Waals surface area contributed by atoms with Crippen molar-refractivity contribution in [2.45, 2.75) is 25.9 Å². The molecule has 0 heterocycles. The van der Waals surface area contributed by atoms with Crippen molar-refractivity contribution < 1.29 is 0 Å². The molecular formula is C6H17NSi. The van der Waals surface area contributed by atoms with Crippen LogP contribution in [0.3, 0.4) is 0 Å². The summed E-state index contributed by atoms with van der Waals surface area (Å²) in [6, 6.07) is 2.81. The highest BCUT2D eigenvalue weighted by Gasteiger charge is 2.05. The van der Waals surface area contributed by atoms with E-state index in [2.05, 4.69) is 32.5 Å². The lowest BCUT2D eigenvalue weighted by molar-refractivity contribution is 0.634. The normalized spacial score (nSPS) is 11.2. The number of hydrogen-bond donors (Lipinski definition) is 0. The fraction of sp³-hybridized carbons (Fsp3) is 1.00. The van der Waals surface area contributed by atoms with Gasteiger partial charge in [0.2, 0.25) is 0 Å². The average Bonchev–Trinajstić information content (AvgIpc) is 1.69. The zero-order chi connectivity index (χ0) is 6.57. The van der Waals surface area contributed by atoms with E-state index in [1.54, 1.807) is 0 Å². The Bertz CT molecular complexity index is 50.5. The summed E-state index contributed by atoms with van der Waals surface area (Å²) in [5, 5.41) is 0. The van der Waals surface area contributed by atoms with Crippen LogP contribution in [0.15, 0.2) is 0 Å². The van der Waals surface area contributed by atoms with Crippen molar-refractivity contribution in [2.24, 2.45) is 0 Å². The van der Waals surface area contributed by atoms with Crippen LogP contribution >= 0.6 is 0 Å². The molecule has 0 aromatic rings. The molecule has 0 rings (SSSR count). The molecule has 2 heteroatoms. The molecule has 0 saturated heterocycles. The summed E-state index contributed by atoms with van der Waals surface area (Å²) < 4.78 is 2.42. The summed E-state index contributed by atoms with van der Waals surface area (Å²) in [5.74, 6) is 0. The molecule has 0 aromatic carbocycles. The maximum atomic E-state index is 2.42. The molecule has 50 valence electrons. The van der Waals surface area contributed by atoms with Crippen molar-refractivity contribution in [2.75, 3.05) is 14.1 Å². The monoisotopic (exact) mass is 131 g/mol. The summed E-state index contributed by atoms with van der Waals surface area (Å²) in [4.78, 5) is 0. The number of hydrogen-bond acceptors (Lipinski definition) is 1. The van der Waals surface area contributed by atoms with Gasteiger partial charge in [0.25, 0.3) is 0 Å². The van der Waals surface area contributed by atoms with E-state index in [1.807, 2.05) is 0 Å². The van der Waals surface area contributed by atoms with E-state index in [0.717, 1.165) is 0 Å². The Kier molecular flexibility index (Phi) is 4.19. The standard InChI is InChI=1S/C6H17NSi/c1-5-8(6-2)7(3)4/h8H,5-6H2,1-4H3. The predicted molar refractivity (Wildman–Crippen MR) is 41.8 cm³/mol. The second-order valence-corrected chi connectivity index (χ2v) is 6.41. The van der Waals surface area contributed by atoms with Gasteiger partial charge in [0.05, 0.1) is 0 Å². The first-order valence-electron chi connectivity index (χ1n) is 3.38. The van der Waals surface area contributed by atoms with Crippen molar-refractivity contribution in [3.05, 3.63) is 0 Å². The highest BCUT2D eigenvalue weighted by atomic mass is 28.3. The summed E-state index contributed by atoms with van der Waals surface area (Å²) in [6.45, 7) is 4.58. The van der Waals surface area contributed by atoms with Gasteiger partial charge < -0.3 is 4.57 Å². The van der Waals surface area contributed by atoms with Gasteiger partial charge in [0.15, 0.2) is 0 Å². The van der Waals surface area contributed by atoms with Crippen LogP contribution in [-0.4, -0.2) is 27.6 Å². The smallest absolute Gasteiger partial charge is 0.110 e. The van der Waals surface area contributed by atoms with Gasteiger partial charge in [-0.1, -0.05) is 13.8 Å². The molecule has 0 bridgehead atoms. The topological polar surface area (TPSA) is 3.24 Å². The molecule has 0 aliphatic heterocycles. The number of rotatable bonds is 3. The second-order valence-electron chi connectivity index (χ2n) is 2.43. The van der Waals surface area contributed by atoms with Crippen LogP contribution < -0.4 is 0 Å². The third kappa shape index (κ3) is 2.48. The molecule has 0 aliphatic rings. The minimum Gasteiger partial charge on any atom is -0.331 e. The Morgan fingerprint density at radius 1 is 1.12 bits per heavy atom. The van der Waals surface area contributed by atoms with Crippen molar-refractivity contribution in [3.63, 3.8) is 0 Å². The van der Waals surface area contributed by atoms with Crippen molar-refractivity contribution in [3.8, 4) is 0 Å². The number of nitrogens with zero attached hydrogens (tertiary/aromatic N) is 1. The van der Waals surface area contributed by atoms with E-state index >= 15 is 0 Å². The fourth-order valence-electron chi connectivity index (χ4n) is 1.02. The van der Waals surface area contributed by atoms with Crippen molar-refractivity contribution >= 4 is 8.96 Å². The second kappa shape index (κ2) is 4.10. The zero-order valence-corrected chi connectivity index (χ0v) is 7.59. The molecule has 0 N–H and O–H groups in total. The van der Waals surface area contributed by atoms with E-state index in [-0.39, 0.29) is 0 Å². The molecule has 0 spiro atoms. The highest BCUT2D eigenvalue weighted by molar-refractivity contribution is 6.55. The minimum absolute atomic E-state index is 0.432. The molecule has 0 amide bonds. The SMILES string of the molecule is CC[SiH](CC)N(C)C. The van der Waals surface area contributed by atoms with Gasteiger partial charge in [0.1, 0.15) is 8.96 Å². The van der Waals surface area contributed by atoms with Crippen LogP contribution in [0.5, 0.6) is 0 Å². The first-order valence-corrected chi connectivity index (χ1v) is 5.53. The van der Waals surface area contributed by atoms with E-state index in [1.165, 1.54) is 12.1 Å². The molecule has 0 aliphatic carbocycles. The summed E-state index contributed by atoms with van der Waals surface area (Å²) in [6.07, 6.45) is 0. The Morgan fingerprint density at radius 3 is 1.50 bits per heavy atom. The lowest BCUT2D eigenvalue weighted by Crippen LogP contribution is -2.30. The van der Waals surface area contributed by atoms with Gasteiger partial charge >= 0.3 is 0 Å². The Labute approximate surface area is 54.4 Å². The van der Waals surface area contributed by atoms with Crippen LogP contribution in [0.25, 0.3) is 0 Å². The molecule has 0 fully saturated rings. The Hall–Kier alpha value is 0.177. The summed E-state index contributed by atoms with van der Waals surface area (Å²) in [5.41, 5.74) is 0. The lowest BCUT2D eigenvalue weighted by atomic mass is 10.9. The van der Waals surface area contributed by atoms with Gasteiger partial charge in [-0.3, -0.25) is 0 Å².